The van der Waals surface area contributed by atoms with E-state index >= 15 is 0 Å². The summed E-state index contributed by atoms with van der Waals surface area (Å²) in [7, 11) is -0.986. The summed E-state index contributed by atoms with van der Waals surface area (Å²) in [5.74, 6) is 0.365. The van der Waals surface area contributed by atoms with Crippen molar-refractivity contribution in [2.24, 2.45) is 0 Å². The molecule has 2 aliphatic rings. The predicted molar refractivity (Wildman–Crippen MR) is 89.5 cm³/mol. The van der Waals surface area contributed by atoms with Crippen LogP contribution in [-0.4, -0.2) is 51.6 Å². The van der Waals surface area contributed by atoms with E-state index in [1.54, 1.807) is 0 Å². The van der Waals surface area contributed by atoms with Crippen molar-refractivity contribution >= 4 is 27.1 Å². The van der Waals surface area contributed by atoms with Gasteiger partial charge in [0.25, 0.3) is 5.91 Å². The molecule has 0 saturated carbocycles. The van der Waals surface area contributed by atoms with Gasteiger partial charge in [0.05, 0.1) is 11.5 Å². The highest BCUT2D eigenvalue weighted by Gasteiger charge is 2.30. The van der Waals surface area contributed by atoms with Crippen molar-refractivity contribution in [2.45, 2.75) is 31.4 Å². The van der Waals surface area contributed by atoms with E-state index in [4.69, 9.17) is 4.74 Å². The summed E-state index contributed by atoms with van der Waals surface area (Å²) in [5, 5.41) is 2.85. The van der Waals surface area contributed by atoms with E-state index in [2.05, 4.69) is 5.32 Å². The zero-order valence-electron chi connectivity index (χ0n) is 13.2. The van der Waals surface area contributed by atoms with Gasteiger partial charge in [-0.25, -0.2) is 8.42 Å². The lowest BCUT2D eigenvalue weighted by Crippen LogP contribution is -2.32. The Labute approximate surface area is 136 Å². The predicted octanol–water partition coefficient (Wildman–Crippen LogP) is 1.43. The summed E-state index contributed by atoms with van der Waals surface area (Å²) in [6.45, 7) is 0.645. The third-order valence-electron chi connectivity index (χ3n) is 4.52. The molecule has 0 spiro atoms. The summed E-state index contributed by atoms with van der Waals surface area (Å²) in [6.07, 6.45) is 2.01. The summed E-state index contributed by atoms with van der Waals surface area (Å²) < 4.78 is 28.5. The average molecular weight is 338 g/mol. The Hall–Kier alpha value is -1.60. The zero-order valence-corrected chi connectivity index (χ0v) is 14.0. The van der Waals surface area contributed by atoms with Gasteiger partial charge in [0.1, 0.15) is 6.10 Å². The number of sulfone groups is 1. The lowest BCUT2D eigenvalue weighted by atomic mass is 10.2. The highest BCUT2D eigenvalue weighted by atomic mass is 32.2. The van der Waals surface area contributed by atoms with E-state index in [0.29, 0.717) is 13.0 Å². The topological polar surface area (TPSA) is 75.7 Å². The number of benzene rings is 1. The fourth-order valence-electron chi connectivity index (χ4n) is 3.08. The van der Waals surface area contributed by atoms with E-state index in [0.717, 1.165) is 24.2 Å². The highest BCUT2D eigenvalue weighted by molar-refractivity contribution is 7.91. The third-order valence-corrected chi connectivity index (χ3v) is 6.27. The van der Waals surface area contributed by atoms with Crippen LogP contribution in [0.4, 0.5) is 11.4 Å². The van der Waals surface area contributed by atoms with Gasteiger partial charge in [-0.1, -0.05) is 0 Å². The summed E-state index contributed by atoms with van der Waals surface area (Å²) in [6, 6.07) is 7.49. The smallest absolute Gasteiger partial charge is 0.253 e. The number of anilines is 2. The molecule has 2 fully saturated rings. The van der Waals surface area contributed by atoms with E-state index in [1.807, 2.05) is 36.2 Å². The number of nitrogens with one attached hydrogen (secondary N) is 1. The second-order valence-electron chi connectivity index (χ2n) is 6.21. The Kier molecular flexibility index (Phi) is 4.59. The molecule has 1 N–H and O–H groups in total. The van der Waals surface area contributed by atoms with Crippen LogP contribution in [0, 0.1) is 0 Å². The quantitative estimate of drug-likeness (QED) is 0.899. The molecule has 0 aromatic heterocycles. The van der Waals surface area contributed by atoms with Gasteiger partial charge in [0.2, 0.25) is 0 Å². The maximum atomic E-state index is 12.0. The Morgan fingerprint density at radius 1 is 1.26 bits per heavy atom. The molecule has 0 aliphatic carbocycles. The van der Waals surface area contributed by atoms with Crippen LogP contribution in [0.3, 0.4) is 0 Å². The normalized spacial score (nSPS) is 26.1. The molecule has 2 unspecified atom stereocenters. The van der Waals surface area contributed by atoms with Gasteiger partial charge in [-0.3, -0.25) is 4.79 Å². The van der Waals surface area contributed by atoms with Gasteiger partial charge in [-0.15, -0.1) is 0 Å². The SMILES string of the molecule is CN(c1ccc(NC(=O)C2CCCO2)cc1)C1CCS(=O)(=O)C1. The fraction of sp³-hybridized carbons (Fsp3) is 0.562. The Balaban J connectivity index is 1.61. The van der Waals surface area contributed by atoms with E-state index in [1.165, 1.54) is 0 Å². The maximum absolute atomic E-state index is 12.0. The molecule has 7 heteroatoms. The monoisotopic (exact) mass is 338 g/mol. The molecule has 2 atom stereocenters. The number of carbonyl (C=O) groups excluding carboxylic acids is 1. The first kappa shape index (κ1) is 16.3. The minimum Gasteiger partial charge on any atom is -0.371 e. The van der Waals surface area contributed by atoms with Crippen LogP contribution in [0.5, 0.6) is 0 Å². The van der Waals surface area contributed by atoms with Crippen LogP contribution in [-0.2, 0) is 19.4 Å². The summed E-state index contributed by atoms with van der Waals surface area (Å²) in [5.41, 5.74) is 1.67. The molecule has 3 rings (SSSR count). The Bertz CT molecular complexity index is 666. The highest BCUT2D eigenvalue weighted by Crippen LogP contribution is 2.24. The van der Waals surface area contributed by atoms with Crippen molar-refractivity contribution in [1.29, 1.82) is 0 Å². The third kappa shape index (κ3) is 3.84. The van der Waals surface area contributed by atoms with E-state index < -0.39 is 9.84 Å². The van der Waals surface area contributed by atoms with Crippen LogP contribution >= 0.6 is 0 Å². The number of hydrogen-bond acceptors (Lipinski definition) is 5. The lowest BCUT2D eigenvalue weighted by molar-refractivity contribution is -0.124. The summed E-state index contributed by atoms with van der Waals surface area (Å²) >= 11 is 0. The molecule has 0 bridgehead atoms. The van der Waals surface area contributed by atoms with Crippen LogP contribution in [0.1, 0.15) is 19.3 Å². The maximum Gasteiger partial charge on any atom is 0.253 e. The molecular weight excluding hydrogens is 316 g/mol. The number of carbonyl (C=O) groups is 1. The van der Waals surface area contributed by atoms with Gasteiger partial charge < -0.3 is 15.0 Å². The van der Waals surface area contributed by atoms with Crippen LogP contribution in [0.25, 0.3) is 0 Å². The minimum atomic E-state index is -2.89. The molecule has 23 heavy (non-hydrogen) atoms. The molecule has 2 aliphatic heterocycles. The Morgan fingerprint density at radius 3 is 2.57 bits per heavy atom. The molecule has 2 heterocycles. The first-order valence-electron chi connectivity index (χ1n) is 7.90. The summed E-state index contributed by atoms with van der Waals surface area (Å²) in [4.78, 5) is 14.0. The molecular formula is C16H22N2O4S. The Morgan fingerprint density at radius 2 is 2.00 bits per heavy atom. The first-order chi connectivity index (χ1) is 10.9. The van der Waals surface area contributed by atoms with Crippen LogP contribution in [0.15, 0.2) is 24.3 Å². The molecule has 1 aromatic carbocycles. The van der Waals surface area contributed by atoms with Crippen molar-refractivity contribution in [3.8, 4) is 0 Å². The molecule has 2 saturated heterocycles. The molecule has 1 amide bonds. The lowest BCUT2D eigenvalue weighted by Gasteiger charge is -2.25. The average Bonchev–Trinajstić information content (AvgIpc) is 3.17. The molecule has 1 aromatic rings. The van der Waals surface area contributed by atoms with Crippen molar-refractivity contribution in [2.75, 3.05) is 35.4 Å². The largest absolute Gasteiger partial charge is 0.371 e. The van der Waals surface area contributed by atoms with E-state index in [-0.39, 0.29) is 29.6 Å². The molecule has 126 valence electrons. The number of nitrogens with zero attached hydrogens (tertiary/aromatic N) is 1. The second-order valence-corrected chi connectivity index (χ2v) is 8.43. The van der Waals surface area contributed by atoms with Crippen molar-refractivity contribution < 1.29 is 17.9 Å². The molecule has 6 nitrogen and oxygen atoms in total. The van der Waals surface area contributed by atoms with Crippen LogP contribution in [0.2, 0.25) is 0 Å². The van der Waals surface area contributed by atoms with Gasteiger partial charge in [0.15, 0.2) is 9.84 Å². The van der Waals surface area contributed by atoms with Crippen molar-refractivity contribution in [3.05, 3.63) is 24.3 Å². The van der Waals surface area contributed by atoms with Gasteiger partial charge >= 0.3 is 0 Å². The van der Waals surface area contributed by atoms with Gasteiger partial charge in [-0.05, 0) is 43.5 Å². The van der Waals surface area contributed by atoms with Crippen LogP contribution < -0.4 is 10.2 Å². The first-order valence-corrected chi connectivity index (χ1v) is 9.72. The van der Waals surface area contributed by atoms with E-state index in [9.17, 15) is 13.2 Å². The number of hydrogen-bond donors (Lipinski definition) is 1. The zero-order chi connectivity index (χ0) is 16.4. The number of amides is 1. The molecule has 0 radical (unpaired) electrons. The number of rotatable bonds is 4. The van der Waals surface area contributed by atoms with Gasteiger partial charge in [-0.2, -0.15) is 0 Å². The fourth-order valence-corrected chi connectivity index (χ4v) is 4.85. The standard InChI is InChI=1S/C16H22N2O4S/c1-18(14-8-10-23(20,21)11-14)13-6-4-12(5-7-13)17-16(19)15-3-2-9-22-15/h4-7,14-15H,2-3,8-11H2,1H3,(H,17,19). The number of ether oxygens (including phenoxy) is 1. The second kappa shape index (κ2) is 6.49. The van der Waals surface area contributed by atoms with Crippen molar-refractivity contribution in [3.63, 3.8) is 0 Å². The minimum absolute atomic E-state index is 0.0207. The van der Waals surface area contributed by atoms with Crippen molar-refractivity contribution in [1.82, 2.24) is 0 Å². The van der Waals surface area contributed by atoms with Gasteiger partial charge in [0, 0.05) is 31.1 Å².